The highest BCUT2D eigenvalue weighted by Crippen LogP contribution is 2.23. The maximum absolute atomic E-state index is 12.2. The van der Waals surface area contributed by atoms with Crippen molar-refractivity contribution in [2.75, 3.05) is 6.61 Å². The molecule has 0 spiro atoms. The lowest BCUT2D eigenvalue weighted by atomic mass is 9.86. The highest BCUT2D eigenvalue weighted by Gasteiger charge is 2.30. The predicted molar refractivity (Wildman–Crippen MR) is 71.2 cm³/mol. The van der Waals surface area contributed by atoms with E-state index in [1.165, 1.54) is 0 Å². The van der Waals surface area contributed by atoms with Gasteiger partial charge in [-0.15, -0.1) is 0 Å². The van der Waals surface area contributed by atoms with Gasteiger partial charge in [0.2, 0.25) is 0 Å². The number of Topliss-reactive ketones (excluding diaryl/α,β-unsaturated/α-hetero) is 1. The molecule has 1 heterocycles. The number of hydrogen-bond donors (Lipinski definition) is 1. The van der Waals surface area contributed by atoms with Crippen LogP contribution >= 0.6 is 0 Å². The number of benzene rings is 1. The highest BCUT2D eigenvalue weighted by molar-refractivity contribution is 5.88. The summed E-state index contributed by atoms with van der Waals surface area (Å²) in [6, 6.07) is 9.56. The van der Waals surface area contributed by atoms with Gasteiger partial charge < -0.3 is 10.5 Å². The molecule has 3 heteroatoms. The van der Waals surface area contributed by atoms with E-state index in [4.69, 9.17) is 10.5 Å². The van der Waals surface area contributed by atoms with E-state index in [-0.39, 0.29) is 11.9 Å². The quantitative estimate of drug-likeness (QED) is 0.869. The van der Waals surface area contributed by atoms with E-state index in [1.807, 2.05) is 30.3 Å². The summed E-state index contributed by atoms with van der Waals surface area (Å²) in [5.41, 5.74) is 6.16. The summed E-state index contributed by atoms with van der Waals surface area (Å²) < 4.78 is 5.53. The monoisotopic (exact) mass is 247 g/mol. The van der Waals surface area contributed by atoms with Gasteiger partial charge in [0, 0.05) is 13.0 Å². The van der Waals surface area contributed by atoms with E-state index in [0.717, 1.165) is 31.4 Å². The maximum Gasteiger partial charge on any atom is 0.156 e. The van der Waals surface area contributed by atoms with Crippen molar-refractivity contribution in [1.29, 1.82) is 0 Å². The SMILES string of the molecule is CC(N)(C(=O)CCC1CCCO1)c1ccccc1. The number of carbonyl (C=O) groups excluding carboxylic acids is 1. The van der Waals surface area contributed by atoms with Crippen molar-refractivity contribution in [2.24, 2.45) is 5.73 Å². The standard InChI is InChI=1S/C15H21NO2/c1-15(16,12-6-3-2-4-7-12)14(17)10-9-13-8-5-11-18-13/h2-4,6-7,13H,5,8-11,16H2,1H3. The molecule has 2 N–H and O–H groups in total. The zero-order chi connectivity index (χ0) is 13.0. The number of ketones is 1. The lowest BCUT2D eigenvalue weighted by Gasteiger charge is -2.24. The van der Waals surface area contributed by atoms with E-state index in [9.17, 15) is 4.79 Å². The topological polar surface area (TPSA) is 52.3 Å². The minimum atomic E-state index is -0.889. The fourth-order valence-corrected chi connectivity index (χ4v) is 2.37. The second-order valence-corrected chi connectivity index (χ2v) is 5.17. The lowest BCUT2D eigenvalue weighted by molar-refractivity contribution is -0.124. The molecule has 1 aliphatic heterocycles. The zero-order valence-electron chi connectivity index (χ0n) is 10.9. The van der Waals surface area contributed by atoms with Crippen LogP contribution in [0.1, 0.15) is 38.2 Å². The Hall–Kier alpha value is -1.19. The van der Waals surface area contributed by atoms with Crippen LogP contribution in [0.5, 0.6) is 0 Å². The van der Waals surface area contributed by atoms with Crippen LogP contribution in [-0.4, -0.2) is 18.5 Å². The number of hydrogen-bond acceptors (Lipinski definition) is 3. The van der Waals surface area contributed by atoms with Crippen LogP contribution in [0, 0.1) is 0 Å². The van der Waals surface area contributed by atoms with Crippen molar-refractivity contribution in [3.63, 3.8) is 0 Å². The van der Waals surface area contributed by atoms with E-state index in [0.29, 0.717) is 6.42 Å². The van der Waals surface area contributed by atoms with Crippen molar-refractivity contribution in [3.8, 4) is 0 Å². The third kappa shape index (κ3) is 2.98. The predicted octanol–water partition coefficient (Wildman–Crippen LogP) is 2.39. The van der Waals surface area contributed by atoms with E-state index in [1.54, 1.807) is 6.92 Å². The summed E-state index contributed by atoms with van der Waals surface area (Å²) >= 11 is 0. The van der Waals surface area contributed by atoms with Gasteiger partial charge >= 0.3 is 0 Å². The second-order valence-electron chi connectivity index (χ2n) is 5.17. The summed E-state index contributed by atoms with van der Waals surface area (Å²) in [6.07, 6.45) is 3.71. The molecular formula is C15H21NO2. The first kappa shape index (κ1) is 13.2. The minimum Gasteiger partial charge on any atom is -0.378 e. The van der Waals surface area contributed by atoms with Gasteiger partial charge in [-0.25, -0.2) is 0 Å². The van der Waals surface area contributed by atoms with Crippen LogP contribution in [-0.2, 0) is 15.1 Å². The second kappa shape index (κ2) is 5.63. The molecule has 3 nitrogen and oxygen atoms in total. The Kier molecular flexibility index (Phi) is 4.15. The Labute approximate surface area is 108 Å². The molecule has 98 valence electrons. The Balaban J connectivity index is 1.94. The van der Waals surface area contributed by atoms with Crippen molar-refractivity contribution in [1.82, 2.24) is 0 Å². The summed E-state index contributed by atoms with van der Waals surface area (Å²) in [4.78, 5) is 12.2. The molecule has 0 aliphatic carbocycles. The van der Waals surface area contributed by atoms with Gasteiger partial charge in [0.05, 0.1) is 11.6 Å². The van der Waals surface area contributed by atoms with Crippen LogP contribution < -0.4 is 5.73 Å². The van der Waals surface area contributed by atoms with Gasteiger partial charge in [-0.2, -0.15) is 0 Å². The molecule has 2 rings (SSSR count). The lowest BCUT2D eigenvalue weighted by Crippen LogP contribution is -2.42. The minimum absolute atomic E-state index is 0.0872. The molecule has 18 heavy (non-hydrogen) atoms. The van der Waals surface area contributed by atoms with E-state index < -0.39 is 5.54 Å². The van der Waals surface area contributed by atoms with Crippen molar-refractivity contribution < 1.29 is 9.53 Å². The Morgan fingerprint density at radius 1 is 1.44 bits per heavy atom. The van der Waals surface area contributed by atoms with Gasteiger partial charge in [0.1, 0.15) is 0 Å². The highest BCUT2D eigenvalue weighted by atomic mass is 16.5. The first-order valence-corrected chi connectivity index (χ1v) is 6.60. The summed E-state index contributed by atoms with van der Waals surface area (Å²) in [5.74, 6) is 0.0872. The number of nitrogens with two attached hydrogens (primary N) is 1. The van der Waals surface area contributed by atoms with Crippen molar-refractivity contribution in [3.05, 3.63) is 35.9 Å². The van der Waals surface area contributed by atoms with Crippen molar-refractivity contribution in [2.45, 2.75) is 44.2 Å². The van der Waals surface area contributed by atoms with Crippen LogP contribution in [0.25, 0.3) is 0 Å². The normalized spacial score (nSPS) is 22.7. The fourth-order valence-electron chi connectivity index (χ4n) is 2.37. The molecule has 0 radical (unpaired) electrons. The molecule has 1 aliphatic rings. The van der Waals surface area contributed by atoms with E-state index in [2.05, 4.69) is 0 Å². The summed E-state index contributed by atoms with van der Waals surface area (Å²) in [7, 11) is 0. The Bertz CT molecular complexity index is 394. The zero-order valence-corrected chi connectivity index (χ0v) is 10.9. The van der Waals surface area contributed by atoms with Crippen LogP contribution in [0.2, 0.25) is 0 Å². The maximum atomic E-state index is 12.2. The molecule has 1 aromatic carbocycles. The van der Waals surface area contributed by atoms with Crippen molar-refractivity contribution >= 4 is 5.78 Å². The van der Waals surface area contributed by atoms with Gasteiger partial charge in [0.25, 0.3) is 0 Å². The molecular weight excluding hydrogens is 226 g/mol. The molecule has 0 aromatic heterocycles. The fraction of sp³-hybridized carbons (Fsp3) is 0.533. The molecule has 1 saturated heterocycles. The van der Waals surface area contributed by atoms with Crippen LogP contribution in [0.15, 0.2) is 30.3 Å². The molecule has 1 aromatic rings. The molecule has 0 saturated carbocycles. The molecule has 1 fully saturated rings. The van der Waals surface area contributed by atoms with Gasteiger partial charge in [-0.05, 0) is 31.7 Å². The molecule has 0 bridgehead atoms. The summed E-state index contributed by atoms with van der Waals surface area (Å²) in [6.45, 7) is 2.62. The third-order valence-corrected chi connectivity index (χ3v) is 3.67. The number of ether oxygens (including phenoxy) is 1. The smallest absolute Gasteiger partial charge is 0.156 e. The average molecular weight is 247 g/mol. The molecule has 2 atom stereocenters. The third-order valence-electron chi connectivity index (χ3n) is 3.67. The van der Waals surface area contributed by atoms with Crippen LogP contribution in [0.3, 0.4) is 0 Å². The van der Waals surface area contributed by atoms with E-state index >= 15 is 0 Å². The molecule has 2 unspecified atom stereocenters. The van der Waals surface area contributed by atoms with Gasteiger partial charge in [-0.3, -0.25) is 4.79 Å². The first-order chi connectivity index (χ1) is 8.60. The van der Waals surface area contributed by atoms with Gasteiger partial charge in [-0.1, -0.05) is 30.3 Å². The number of rotatable bonds is 5. The van der Waals surface area contributed by atoms with Gasteiger partial charge in [0.15, 0.2) is 5.78 Å². The Morgan fingerprint density at radius 3 is 2.78 bits per heavy atom. The Morgan fingerprint density at radius 2 is 2.17 bits per heavy atom. The first-order valence-electron chi connectivity index (χ1n) is 6.60. The van der Waals surface area contributed by atoms with Crippen LogP contribution in [0.4, 0.5) is 0 Å². The number of carbonyl (C=O) groups is 1. The molecule has 0 amide bonds. The summed E-state index contributed by atoms with van der Waals surface area (Å²) in [5, 5.41) is 0. The average Bonchev–Trinajstić information content (AvgIpc) is 2.90. The largest absolute Gasteiger partial charge is 0.378 e.